The normalized spacial score (nSPS) is 18.4. The van der Waals surface area contributed by atoms with Gasteiger partial charge in [-0.15, -0.1) is 0 Å². The highest BCUT2D eigenvalue weighted by molar-refractivity contribution is 8.18. The average Bonchev–Trinajstić information content (AvgIpc) is 3.01. The Labute approximate surface area is 177 Å². The van der Waals surface area contributed by atoms with Gasteiger partial charge in [0.15, 0.2) is 0 Å². The summed E-state index contributed by atoms with van der Waals surface area (Å²) in [4.78, 5) is 40.8. The molecule has 3 amide bonds. The predicted octanol–water partition coefficient (Wildman–Crippen LogP) is 3.53. The molecule has 4 rings (SSSR count). The molecule has 8 heteroatoms. The number of morpholine rings is 1. The van der Waals surface area contributed by atoms with Crippen molar-refractivity contribution in [3.05, 3.63) is 75.9 Å². The van der Waals surface area contributed by atoms with Crippen LogP contribution in [0.4, 0.5) is 9.18 Å². The predicted molar refractivity (Wildman–Crippen MR) is 111 cm³/mol. The molecule has 2 heterocycles. The minimum atomic E-state index is -0.431. The lowest BCUT2D eigenvalue weighted by molar-refractivity contribution is -0.123. The average molecular weight is 426 g/mol. The van der Waals surface area contributed by atoms with Gasteiger partial charge in [0.05, 0.1) is 24.7 Å². The number of hydrogen-bond donors (Lipinski definition) is 0. The number of halogens is 1. The van der Waals surface area contributed by atoms with Crippen molar-refractivity contribution in [2.45, 2.75) is 6.54 Å². The summed E-state index contributed by atoms with van der Waals surface area (Å²) < 4.78 is 18.7. The van der Waals surface area contributed by atoms with E-state index in [0.29, 0.717) is 43.0 Å². The summed E-state index contributed by atoms with van der Waals surface area (Å²) in [5, 5.41) is -0.406. The molecule has 2 aromatic rings. The van der Waals surface area contributed by atoms with Crippen molar-refractivity contribution in [3.63, 3.8) is 0 Å². The molecule has 154 valence electrons. The van der Waals surface area contributed by atoms with E-state index in [1.165, 1.54) is 18.2 Å². The molecule has 0 bridgehead atoms. The number of nitrogens with zero attached hydrogens (tertiary/aromatic N) is 2. The molecule has 30 heavy (non-hydrogen) atoms. The lowest BCUT2D eigenvalue weighted by Crippen LogP contribution is -2.40. The zero-order chi connectivity index (χ0) is 21.1. The molecule has 0 N–H and O–H groups in total. The van der Waals surface area contributed by atoms with Gasteiger partial charge in [0, 0.05) is 18.7 Å². The topological polar surface area (TPSA) is 66.9 Å². The van der Waals surface area contributed by atoms with Gasteiger partial charge < -0.3 is 9.64 Å². The van der Waals surface area contributed by atoms with E-state index in [-0.39, 0.29) is 17.4 Å². The summed E-state index contributed by atoms with van der Waals surface area (Å²) in [7, 11) is 0. The fourth-order valence-electron chi connectivity index (χ4n) is 3.32. The van der Waals surface area contributed by atoms with Gasteiger partial charge in [-0.05, 0) is 53.2 Å². The van der Waals surface area contributed by atoms with Crippen molar-refractivity contribution < 1.29 is 23.5 Å². The molecule has 2 aromatic carbocycles. The summed E-state index contributed by atoms with van der Waals surface area (Å²) in [5.41, 5.74) is 1.71. The van der Waals surface area contributed by atoms with Gasteiger partial charge in [0.1, 0.15) is 5.82 Å². The molecule has 0 saturated carbocycles. The monoisotopic (exact) mass is 426 g/mol. The third-order valence-corrected chi connectivity index (χ3v) is 5.74. The summed E-state index contributed by atoms with van der Waals surface area (Å²) in [5.74, 6) is -0.941. The highest BCUT2D eigenvalue weighted by Crippen LogP contribution is 2.33. The minimum Gasteiger partial charge on any atom is -0.378 e. The van der Waals surface area contributed by atoms with E-state index in [2.05, 4.69) is 0 Å². The zero-order valence-electron chi connectivity index (χ0n) is 16.0. The number of amides is 3. The van der Waals surface area contributed by atoms with Gasteiger partial charge in [-0.2, -0.15) is 0 Å². The SMILES string of the molecule is O=C(c1cccc(C=C2SC(=O)N(Cc3cccc(F)c3)C2=O)c1)N1CCOCC1. The fraction of sp³-hybridized carbons (Fsp3) is 0.227. The number of imide groups is 1. The van der Waals surface area contributed by atoms with Gasteiger partial charge >= 0.3 is 0 Å². The zero-order valence-corrected chi connectivity index (χ0v) is 16.9. The maximum Gasteiger partial charge on any atom is 0.293 e. The smallest absolute Gasteiger partial charge is 0.293 e. The number of benzene rings is 2. The second kappa shape index (κ2) is 8.81. The van der Waals surface area contributed by atoms with Crippen LogP contribution in [0.2, 0.25) is 0 Å². The maximum absolute atomic E-state index is 13.4. The molecule has 6 nitrogen and oxygen atoms in total. The van der Waals surface area contributed by atoms with Gasteiger partial charge in [-0.25, -0.2) is 4.39 Å². The van der Waals surface area contributed by atoms with Crippen molar-refractivity contribution in [2.75, 3.05) is 26.3 Å². The van der Waals surface area contributed by atoms with Crippen molar-refractivity contribution in [1.29, 1.82) is 0 Å². The molecule has 2 saturated heterocycles. The van der Waals surface area contributed by atoms with E-state index in [1.807, 2.05) is 0 Å². The summed E-state index contributed by atoms with van der Waals surface area (Å²) in [6, 6.07) is 12.8. The third kappa shape index (κ3) is 4.44. The Balaban J connectivity index is 1.51. The van der Waals surface area contributed by atoms with Crippen molar-refractivity contribution in [2.24, 2.45) is 0 Å². The molecule has 2 aliphatic rings. The number of carbonyl (C=O) groups excluding carboxylic acids is 3. The molecule has 2 aliphatic heterocycles. The summed E-state index contributed by atoms with van der Waals surface area (Å²) in [6.07, 6.45) is 1.60. The third-order valence-electron chi connectivity index (χ3n) is 4.83. The lowest BCUT2D eigenvalue weighted by Gasteiger charge is -2.26. The van der Waals surface area contributed by atoms with Crippen LogP contribution in [-0.4, -0.2) is 53.2 Å². The lowest BCUT2D eigenvalue weighted by atomic mass is 10.1. The number of carbonyl (C=O) groups is 3. The number of ether oxygens (including phenoxy) is 1. The Kier molecular flexibility index (Phi) is 5.96. The van der Waals surface area contributed by atoms with E-state index in [4.69, 9.17) is 4.74 Å². The van der Waals surface area contributed by atoms with E-state index >= 15 is 0 Å². The van der Waals surface area contributed by atoms with Gasteiger partial charge in [-0.1, -0.05) is 24.3 Å². The Hall–Kier alpha value is -2.97. The molecule has 2 fully saturated rings. The molecular weight excluding hydrogens is 407 g/mol. The van der Waals surface area contributed by atoms with Crippen LogP contribution in [0.25, 0.3) is 6.08 Å². The van der Waals surface area contributed by atoms with E-state index in [0.717, 1.165) is 16.7 Å². The Morgan fingerprint density at radius 3 is 2.63 bits per heavy atom. The minimum absolute atomic E-state index is 0.00925. The van der Waals surface area contributed by atoms with Crippen molar-refractivity contribution >= 4 is 34.9 Å². The van der Waals surface area contributed by atoms with Crippen LogP contribution in [0.5, 0.6) is 0 Å². The van der Waals surface area contributed by atoms with Crippen molar-refractivity contribution in [3.8, 4) is 0 Å². The van der Waals surface area contributed by atoms with Crippen LogP contribution in [0, 0.1) is 5.82 Å². The first-order chi connectivity index (χ1) is 14.5. The van der Waals surface area contributed by atoms with Crippen LogP contribution in [-0.2, 0) is 16.1 Å². The molecule has 0 atom stereocenters. The molecular formula is C22H19FN2O4S. The van der Waals surface area contributed by atoms with E-state index in [1.54, 1.807) is 41.3 Å². The highest BCUT2D eigenvalue weighted by Gasteiger charge is 2.35. The molecule has 0 aromatic heterocycles. The maximum atomic E-state index is 13.4. The standard InChI is InChI=1S/C22H19FN2O4S/c23-18-6-2-4-16(12-18)14-25-21(27)19(30-22(25)28)13-15-3-1-5-17(11-15)20(26)24-7-9-29-10-8-24/h1-6,11-13H,7-10,14H2. The van der Waals surface area contributed by atoms with Crippen LogP contribution >= 0.6 is 11.8 Å². The summed E-state index contributed by atoms with van der Waals surface area (Å²) >= 11 is 0.835. The Morgan fingerprint density at radius 1 is 1.10 bits per heavy atom. The van der Waals surface area contributed by atoms with Crippen molar-refractivity contribution in [1.82, 2.24) is 9.80 Å². The molecule has 0 radical (unpaired) electrons. The van der Waals surface area contributed by atoms with Gasteiger partial charge in [-0.3, -0.25) is 19.3 Å². The van der Waals surface area contributed by atoms with E-state index < -0.39 is 17.0 Å². The second-order valence-electron chi connectivity index (χ2n) is 6.93. The van der Waals surface area contributed by atoms with Gasteiger partial charge in [0.25, 0.3) is 17.1 Å². The first kappa shape index (κ1) is 20.3. The second-order valence-corrected chi connectivity index (χ2v) is 7.92. The molecule has 0 unspecified atom stereocenters. The molecule has 0 spiro atoms. The Bertz CT molecular complexity index is 1030. The summed E-state index contributed by atoms with van der Waals surface area (Å²) in [6.45, 7) is 2.13. The first-order valence-electron chi connectivity index (χ1n) is 9.48. The van der Waals surface area contributed by atoms with Crippen LogP contribution in [0.1, 0.15) is 21.5 Å². The largest absolute Gasteiger partial charge is 0.378 e. The van der Waals surface area contributed by atoms with Crippen LogP contribution < -0.4 is 0 Å². The van der Waals surface area contributed by atoms with E-state index in [9.17, 15) is 18.8 Å². The Morgan fingerprint density at radius 2 is 1.87 bits per heavy atom. The number of rotatable bonds is 4. The van der Waals surface area contributed by atoms with Crippen LogP contribution in [0.3, 0.4) is 0 Å². The van der Waals surface area contributed by atoms with Crippen LogP contribution in [0.15, 0.2) is 53.4 Å². The van der Waals surface area contributed by atoms with Gasteiger partial charge in [0.2, 0.25) is 0 Å². The molecule has 0 aliphatic carbocycles. The fourth-order valence-corrected chi connectivity index (χ4v) is 4.15. The number of hydrogen-bond acceptors (Lipinski definition) is 5. The highest BCUT2D eigenvalue weighted by atomic mass is 32.2. The number of thioether (sulfide) groups is 1. The quantitative estimate of drug-likeness (QED) is 0.700. The first-order valence-corrected chi connectivity index (χ1v) is 10.3.